The highest BCUT2D eigenvalue weighted by molar-refractivity contribution is 5.88. The molecule has 2 aliphatic carbocycles. The summed E-state index contributed by atoms with van der Waals surface area (Å²) in [7, 11) is 0. The quantitative estimate of drug-likeness (QED) is 0.754. The first-order chi connectivity index (χ1) is 11.4. The van der Waals surface area contributed by atoms with Crippen LogP contribution in [0.5, 0.6) is 0 Å². The Morgan fingerprint density at radius 2 is 2.25 bits per heavy atom. The minimum atomic E-state index is -0.237. The first-order valence-electron chi connectivity index (χ1n) is 9.30. The second kappa shape index (κ2) is 8.61. The molecule has 134 valence electrons. The molecular formula is C20H33N3O. The Morgan fingerprint density at radius 3 is 3.00 bits per heavy atom. The summed E-state index contributed by atoms with van der Waals surface area (Å²) in [4.78, 5) is 16.0. The molecule has 2 aliphatic rings. The van der Waals surface area contributed by atoms with Crippen molar-refractivity contribution in [1.82, 2.24) is 5.32 Å². The van der Waals surface area contributed by atoms with Gasteiger partial charge in [-0.25, -0.2) is 0 Å². The second-order valence-electron chi connectivity index (χ2n) is 8.13. The highest BCUT2D eigenvalue weighted by Crippen LogP contribution is 2.36. The van der Waals surface area contributed by atoms with Gasteiger partial charge in [-0.3, -0.25) is 9.79 Å². The fourth-order valence-electron chi connectivity index (χ4n) is 3.79. The number of carbonyl (C=O) groups excluding carboxylic acids is 1. The Hall–Kier alpha value is -1.42. The van der Waals surface area contributed by atoms with Crippen LogP contribution in [0.3, 0.4) is 0 Å². The number of nitrogens with zero attached hydrogens (tertiary/aromatic N) is 1. The number of rotatable bonds is 5. The predicted molar refractivity (Wildman–Crippen MR) is 101 cm³/mol. The van der Waals surface area contributed by atoms with Crippen LogP contribution in [0, 0.1) is 11.3 Å². The Morgan fingerprint density at radius 1 is 1.46 bits per heavy atom. The number of primary amides is 1. The SMILES string of the molecule is CC1CC(NCCC(N)=O)CC(C)(C)CC1=NC1=CC=CCCC1. The third-order valence-electron chi connectivity index (χ3n) is 4.99. The summed E-state index contributed by atoms with van der Waals surface area (Å²) in [5.74, 6) is 0.227. The molecule has 4 heteroatoms. The van der Waals surface area contributed by atoms with E-state index in [1.807, 2.05) is 0 Å². The van der Waals surface area contributed by atoms with Crippen LogP contribution in [0.25, 0.3) is 0 Å². The number of nitrogens with two attached hydrogens (primary N) is 1. The van der Waals surface area contributed by atoms with Crippen molar-refractivity contribution >= 4 is 11.6 Å². The molecule has 0 aromatic rings. The van der Waals surface area contributed by atoms with E-state index in [0.717, 1.165) is 32.1 Å². The van der Waals surface area contributed by atoms with Gasteiger partial charge >= 0.3 is 0 Å². The highest BCUT2D eigenvalue weighted by atomic mass is 16.1. The minimum Gasteiger partial charge on any atom is -0.370 e. The lowest BCUT2D eigenvalue weighted by Gasteiger charge is -2.27. The van der Waals surface area contributed by atoms with Crippen molar-refractivity contribution in [3.63, 3.8) is 0 Å². The average molecular weight is 332 g/mol. The summed E-state index contributed by atoms with van der Waals surface area (Å²) < 4.78 is 0. The van der Waals surface area contributed by atoms with Gasteiger partial charge in [0.1, 0.15) is 0 Å². The van der Waals surface area contributed by atoms with Gasteiger partial charge in [-0.1, -0.05) is 32.9 Å². The molecule has 3 N–H and O–H groups in total. The Kier molecular flexibility index (Phi) is 6.79. The van der Waals surface area contributed by atoms with E-state index in [0.29, 0.717) is 24.9 Å². The van der Waals surface area contributed by atoms with E-state index in [-0.39, 0.29) is 11.3 Å². The third-order valence-corrected chi connectivity index (χ3v) is 4.99. The minimum absolute atomic E-state index is 0.217. The molecule has 2 unspecified atom stereocenters. The van der Waals surface area contributed by atoms with Crippen LogP contribution in [0.2, 0.25) is 0 Å². The molecule has 24 heavy (non-hydrogen) atoms. The number of carbonyl (C=O) groups is 1. The number of hydrogen-bond acceptors (Lipinski definition) is 3. The smallest absolute Gasteiger partial charge is 0.218 e. The van der Waals surface area contributed by atoms with Crippen molar-refractivity contribution in [3.05, 3.63) is 23.9 Å². The van der Waals surface area contributed by atoms with Gasteiger partial charge in [0.15, 0.2) is 0 Å². The molecule has 0 aliphatic heterocycles. The molecular weight excluding hydrogens is 298 g/mol. The summed E-state index contributed by atoms with van der Waals surface area (Å²) in [6.07, 6.45) is 13.6. The molecule has 0 spiro atoms. The van der Waals surface area contributed by atoms with E-state index in [4.69, 9.17) is 10.7 Å². The summed E-state index contributed by atoms with van der Waals surface area (Å²) in [5.41, 5.74) is 8.02. The maximum absolute atomic E-state index is 11.0. The van der Waals surface area contributed by atoms with Crippen LogP contribution in [0.4, 0.5) is 0 Å². The van der Waals surface area contributed by atoms with Gasteiger partial charge in [0.05, 0.1) is 0 Å². The predicted octanol–water partition coefficient (Wildman–Crippen LogP) is 3.73. The lowest BCUT2D eigenvalue weighted by atomic mass is 9.83. The number of aliphatic imine (C=N–C) groups is 1. The third kappa shape index (κ3) is 6.23. The van der Waals surface area contributed by atoms with E-state index in [1.165, 1.54) is 17.8 Å². The number of hydrogen-bond donors (Lipinski definition) is 2. The fraction of sp³-hybridized carbons (Fsp3) is 0.700. The Balaban J connectivity index is 2.07. The Bertz CT molecular complexity index is 531. The van der Waals surface area contributed by atoms with E-state index in [1.54, 1.807) is 0 Å². The zero-order valence-corrected chi connectivity index (χ0v) is 15.5. The van der Waals surface area contributed by atoms with E-state index in [2.05, 4.69) is 44.3 Å². The van der Waals surface area contributed by atoms with Crippen molar-refractivity contribution in [2.24, 2.45) is 22.1 Å². The molecule has 2 rings (SSSR count). The molecule has 2 atom stereocenters. The van der Waals surface area contributed by atoms with E-state index < -0.39 is 0 Å². The van der Waals surface area contributed by atoms with Crippen LogP contribution in [-0.4, -0.2) is 24.2 Å². The molecule has 0 aromatic carbocycles. The van der Waals surface area contributed by atoms with Crippen LogP contribution in [-0.2, 0) is 4.79 Å². The van der Waals surface area contributed by atoms with Crippen molar-refractivity contribution in [1.29, 1.82) is 0 Å². The van der Waals surface area contributed by atoms with Crippen molar-refractivity contribution in [2.75, 3.05) is 6.54 Å². The lowest BCUT2D eigenvalue weighted by Crippen LogP contribution is -2.35. The molecule has 1 amide bonds. The largest absolute Gasteiger partial charge is 0.370 e. The molecule has 1 fully saturated rings. The summed E-state index contributed by atoms with van der Waals surface area (Å²) in [6.45, 7) is 7.61. The highest BCUT2D eigenvalue weighted by Gasteiger charge is 2.32. The monoisotopic (exact) mass is 331 g/mol. The molecule has 0 bridgehead atoms. The van der Waals surface area contributed by atoms with Crippen molar-refractivity contribution in [3.8, 4) is 0 Å². The topological polar surface area (TPSA) is 67.5 Å². The van der Waals surface area contributed by atoms with Crippen molar-refractivity contribution < 1.29 is 4.79 Å². The molecule has 0 heterocycles. The molecule has 4 nitrogen and oxygen atoms in total. The molecule has 0 radical (unpaired) electrons. The van der Waals surface area contributed by atoms with Gasteiger partial charge in [0.2, 0.25) is 5.91 Å². The fourth-order valence-corrected chi connectivity index (χ4v) is 3.79. The number of amides is 1. The molecule has 1 saturated carbocycles. The van der Waals surface area contributed by atoms with Gasteiger partial charge in [-0.15, -0.1) is 0 Å². The zero-order chi connectivity index (χ0) is 17.6. The number of allylic oxidation sites excluding steroid dienone is 4. The van der Waals surface area contributed by atoms with Crippen LogP contribution < -0.4 is 11.1 Å². The van der Waals surface area contributed by atoms with E-state index in [9.17, 15) is 4.79 Å². The van der Waals surface area contributed by atoms with Gasteiger partial charge in [-0.2, -0.15) is 0 Å². The number of nitrogens with one attached hydrogen (secondary N) is 1. The first-order valence-corrected chi connectivity index (χ1v) is 9.30. The summed E-state index contributed by atoms with van der Waals surface area (Å²) in [6, 6.07) is 0.421. The van der Waals surface area contributed by atoms with Crippen molar-refractivity contribution in [2.45, 2.75) is 71.8 Å². The summed E-state index contributed by atoms with van der Waals surface area (Å²) >= 11 is 0. The average Bonchev–Trinajstić information content (AvgIpc) is 2.78. The second-order valence-corrected chi connectivity index (χ2v) is 8.13. The van der Waals surface area contributed by atoms with Gasteiger partial charge in [0, 0.05) is 30.4 Å². The van der Waals surface area contributed by atoms with Crippen LogP contribution in [0.1, 0.15) is 65.7 Å². The summed E-state index contributed by atoms with van der Waals surface area (Å²) in [5, 5.41) is 3.53. The van der Waals surface area contributed by atoms with Gasteiger partial charge in [-0.05, 0) is 55.9 Å². The maximum Gasteiger partial charge on any atom is 0.218 e. The van der Waals surface area contributed by atoms with E-state index >= 15 is 0 Å². The maximum atomic E-state index is 11.0. The van der Waals surface area contributed by atoms with Crippen LogP contribution >= 0.6 is 0 Å². The van der Waals surface area contributed by atoms with Gasteiger partial charge in [0.25, 0.3) is 0 Å². The molecule has 0 saturated heterocycles. The normalized spacial score (nSPS) is 29.0. The van der Waals surface area contributed by atoms with Crippen LogP contribution in [0.15, 0.2) is 28.9 Å². The Labute approximate surface area is 146 Å². The standard InChI is InChI=1S/C20H33N3O/c1-15-12-17(22-11-10-19(21)24)13-20(2,3)14-18(15)23-16-8-6-4-5-7-9-16/h4,6,8,15,17,22H,5,7,9-14H2,1-3H3,(H2,21,24). The first kappa shape index (κ1) is 18.9. The lowest BCUT2D eigenvalue weighted by molar-refractivity contribution is -0.117. The molecule has 0 aromatic heterocycles. The zero-order valence-electron chi connectivity index (χ0n) is 15.5. The van der Waals surface area contributed by atoms with Gasteiger partial charge < -0.3 is 11.1 Å².